The van der Waals surface area contributed by atoms with E-state index in [0.717, 1.165) is 11.9 Å². The van der Waals surface area contributed by atoms with Crippen LogP contribution in [0.3, 0.4) is 0 Å². The number of benzene rings is 2. The first-order valence-corrected chi connectivity index (χ1v) is 6.82. The van der Waals surface area contributed by atoms with Crippen molar-refractivity contribution in [2.24, 2.45) is 0 Å². The summed E-state index contributed by atoms with van der Waals surface area (Å²) in [5.41, 5.74) is -0.0847. The summed E-state index contributed by atoms with van der Waals surface area (Å²) >= 11 is 0. The number of rotatable bonds is 5. The molecular formula is C17H12N2O4. The molecule has 0 unspecified atom stereocenters. The van der Waals surface area contributed by atoms with E-state index in [0.29, 0.717) is 11.5 Å². The molecule has 0 spiro atoms. The molecule has 1 heterocycles. The Morgan fingerprint density at radius 1 is 0.826 bits per heavy atom. The number of hydrogen-bond donors (Lipinski definition) is 0. The molecule has 0 N–H and O–H groups in total. The monoisotopic (exact) mass is 308 g/mol. The van der Waals surface area contributed by atoms with Gasteiger partial charge in [0.1, 0.15) is 23.4 Å². The zero-order valence-corrected chi connectivity index (χ0v) is 12.0. The second-order valence-electron chi connectivity index (χ2n) is 4.60. The van der Waals surface area contributed by atoms with Crippen LogP contribution in [0.25, 0.3) is 0 Å². The van der Waals surface area contributed by atoms with Gasteiger partial charge in [-0.1, -0.05) is 24.3 Å². The molecule has 3 rings (SSSR count). The van der Waals surface area contributed by atoms with E-state index in [1.54, 1.807) is 18.2 Å². The summed E-state index contributed by atoms with van der Waals surface area (Å²) in [4.78, 5) is 14.0. The Balaban J connectivity index is 1.73. The second kappa shape index (κ2) is 6.57. The van der Waals surface area contributed by atoms with Gasteiger partial charge in [0.25, 0.3) is 5.69 Å². The standard InChI is InChI=1S/C17H12N2O4/c20-19(21)13-9-10-17(18-12-13)23-16-8-4-7-15(11-16)22-14-5-2-1-3-6-14/h1-12H. The average Bonchev–Trinajstić information content (AvgIpc) is 2.57. The molecule has 0 radical (unpaired) electrons. The molecule has 23 heavy (non-hydrogen) atoms. The topological polar surface area (TPSA) is 74.5 Å². The normalized spacial score (nSPS) is 10.1. The lowest BCUT2D eigenvalue weighted by molar-refractivity contribution is -0.385. The SMILES string of the molecule is O=[N+]([O-])c1ccc(Oc2cccc(Oc3ccccc3)c2)nc1. The number of hydrogen-bond acceptors (Lipinski definition) is 5. The van der Waals surface area contributed by atoms with Crippen molar-refractivity contribution < 1.29 is 14.4 Å². The molecule has 0 aliphatic rings. The van der Waals surface area contributed by atoms with E-state index in [9.17, 15) is 10.1 Å². The van der Waals surface area contributed by atoms with Gasteiger partial charge in [0.05, 0.1) is 4.92 Å². The third kappa shape index (κ3) is 3.82. The number of nitrogens with zero attached hydrogens (tertiary/aromatic N) is 2. The van der Waals surface area contributed by atoms with Gasteiger partial charge in [-0.25, -0.2) is 4.98 Å². The molecule has 1 aromatic heterocycles. The number of aromatic nitrogens is 1. The lowest BCUT2D eigenvalue weighted by Crippen LogP contribution is -1.92. The van der Waals surface area contributed by atoms with Crippen LogP contribution < -0.4 is 9.47 Å². The molecule has 0 fully saturated rings. The van der Waals surface area contributed by atoms with Crippen molar-refractivity contribution in [3.05, 3.63) is 83.0 Å². The highest BCUT2D eigenvalue weighted by molar-refractivity contribution is 5.39. The first-order valence-electron chi connectivity index (χ1n) is 6.82. The minimum absolute atomic E-state index is 0.0847. The largest absolute Gasteiger partial charge is 0.457 e. The summed E-state index contributed by atoms with van der Waals surface area (Å²) < 4.78 is 11.3. The average molecular weight is 308 g/mol. The van der Waals surface area contributed by atoms with E-state index in [2.05, 4.69) is 4.98 Å². The van der Waals surface area contributed by atoms with Crippen LogP contribution in [0.5, 0.6) is 23.1 Å². The van der Waals surface area contributed by atoms with Crippen molar-refractivity contribution in [3.63, 3.8) is 0 Å². The maximum absolute atomic E-state index is 10.6. The van der Waals surface area contributed by atoms with E-state index in [-0.39, 0.29) is 11.6 Å². The van der Waals surface area contributed by atoms with Crippen LogP contribution >= 0.6 is 0 Å². The molecule has 0 amide bonds. The van der Waals surface area contributed by atoms with Crippen molar-refractivity contribution in [2.75, 3.05) is 0 Å². The van der Waals surface area contributed by atoms with Gasteiger partial charge in [0.2, 0.25) is 5.88 Å². The minimum atomic E-state index is -0.509. The maximum Gasteiger partial charge on any atom is 0.287 e. The summed E-state index contributed by atoms with van der Waals surface area (Å²) in [5, 5.41) is 10.6. The smallest absolute Gasteiger partial charge is 0.287 e. The third-order valence-corrected chi connectivity index (χ3v) is 2.94. The van der Waals surface area contributed by atoms with Gasteiger partial charge in [-0.2, -0.15) is 0 Å². The van der Waals surface area contributed by atoms with Crippen LogP contribution in [-0.2, 0) is 0 Å². The van der Waals surface area contributed by atoms with Gasteiger partial charge in [0.15, 0.2) is 0 Å². The number of nitro groups is 1. The molecule has 3 aromatic rings. The van der Waals surface area contributed by atoms with Crippen molar-refractivity contribution in [1.29, 1.82) is 0 Å². The van der Waals surface area contributed by atoms with Crippen LogP contribution in [0.4, 0.5) is 5.69 Å². The molecule has 0 atom stereocenters. The van der Waals surface area contributed by atoms with Crippen molar-refractivity contribution in [2.45, 2.75) is 0 Å². The van der Waals surface area contributed by atoms with Crippen LogP contribution in [0, 0.1) is 10.1 Å². The predicted molar refractivity (Wildman–Crippen MR) is 83.9 cm³/mol. The van der Waals surface area contributed by atoms with Crippen LogP contribution in [-0.4, -0.2) is 9.91 Å². The van der Waals surface area contributed by atoms with Gasteiger partial charge in [-0.15, -0.1) is 0 Å². The highest BCUT2D eigenvalue weighted by Crippen LogP contribution is 2.27. The lowest BCUT2D eigenvalue weighted by Gasteiger charge is -2.08. The van der Waals surface area contributed by atoms with E-state index in [4.69, 9.17) is 9.47 Å². The molecule has 2 aromatic carbocycles. The summed E-state index contributed by atoms with van der Waals surface area (Å²) in [5.74, 6) is 2.14. The number of para-hydroxylation sites is 1. The molecule has 0 aliphatic heterocycles. The molecule has 0 bridgehead atoms. The van der Waals surface area contributed by atoms with Crippen molar-refractivity contribution >= 4 is 5.69 Å². The zero-order chi connectivity index (χ0) is 16.1. The molecule has 6 nitrogen and oxygen atoms in total. The summed E-state index contributed by atoms with van der Waals surface area (Å²) in [7, 11) is 0. The highest BCUT2D eigenvalue weighted by Gasteiger charge is 2.07. The molecule has 0 saturated heterocycles. The highest BCUT2D eigenvalue weighted by atomic mass is 16.6. The van der Waals surface area contributed by atoms with Crippen molar-refractivity contribution in [1.82, 2.24) is 4.98 Å². The molecule has 114 valence electrons. The third-order valence-electron chi connectivity index (χ3n) is 2.94. The number of pyridine rings is 1. The lowest BCUT2D eigenvalue weighted by atomic mass is 10.3. The fourth-order valence-electron chi connectivity index (χ4n) is 1.89. The second-order valence-corrected chi connectivity index (χ2v) is 4.60. The Bertz CT molecular complexity index is 804. The van der Waals surface area contributed by atoms with E-state index in [1.807, 2.05) is 36.4 Å². The van der Waals surface area contributed by atoms with E-state index < -0.39 is 4.92 Å². The minimum Gasteiger partial charge on any atom is -0.457 e. The van der Waals surface area contributed by atoms with Gasteiger partial charge in [0, 0.05) is 18.2 Å². The van der Waals surface area contributed by atoms with Gasteiger partial charge < -0.3 is 9.47 Å². The Hall–Kier alpha value is -3.41. The zero-order valence-electron chi connectivity index (χ0n) is 12.0. The Labute approximate surface area is 132 Å². The van der Waals surface area contributed by atoms with Gasteiger partial charge in [-0.05, 0) is 24.3 Å². The molecule has 0 aliphatic carbocycles. The molecular weight excluding hydrogens is 296 g/mol. The van der Waals surface area contributed by atoms with E-state index in [1.165, 1.54) is 12.1 Å². The summed E-state index contributed by atoms with van der Waals surface area (Å²) in [6.07, 6.45) is 1.15. The van der Waals surface area contributed by atoms with E-state index >= 15 is 0 Å². The summed E-state index contributed by atoms with van der Waals surface area (Å²) in [6, 6.07) is 19.2. The number of ether oxygens (including phenoxy) is 2. The van der Waals surface area contributed by atoms with Crippen molar-refractivity contribution in [3.8, 4) is 23.1 Å². The fraction of sp³-hybridized carbons (Fsp3) is 0. The Kier molecular flexibility index (Phi) is 4.15. The quantitative estimate of drug-likeness (QED) is 0.509. The Morgan fingerprint density at radius 2 is 1.52 bits per heavy atom. The fourth-order valence-corrected chi connectivity index (χ4v) is 1.89. The van der Waals surface area contributed by atoms with Gasteiger partial charge in [-0.3, -0.25) is 10.1 Å². The summed E-state index contributed by atoms with van der Waals surface area (Å²) in [6.45, 7) is 0. The van der Waals surface area contributed by atoms with Crippen LogP contribution in [0.15, 0.2) is 72.9 Å². The predicted octanol–water partition coefficient (Wildman–Crippen LogP) is 4.57. The first-order chi connectivity index (χ1) is 11.2. The van der Waals surface area contributed by atoms with Crippen LogP contribution in [0.1, 0.15) is 0 Å². The molecule has 6 heteroatoms. The molecule has 0 saturated carbocycles. The van der Waals surface area contributed by atoms with Crippen LogP contribution in [0.2, 0.25) is 0 Å². The first kappa shape index (κ1) is 14.5. The Morgan fingerprint density at radius 3 is 2.17 bits per heavy atom. The van der Waals surface area contributed by atoms with Gasteiger partial charge >= 0.3 is 0 Å². The maximum atomic E-state index is 10.6.